The molecule has 2 aromatic rings. The zero-order valence-corrected chi connectivity index (χ0v) is 17.6. The molecule has 3 atom stereocenters. The number of halogens is 6. The van der Waals surface area contributed by atoms with Gasteiger partial charge in [0, 0.05) is 5.56 Å². The second-order valence-electron chi connectivity index (χ2n) is 6.76. The van der Waals surface area contributed by atoms with E-state index in [-0.39, 0.29) is 15.1 Å². The number of aromatic nitrogens is 1. The topological polar surface area (TPSA) is 92.1 Å². The van der Waals surface area contributed by atoms with Gasteiger partial charge in [-0.2, -0.15) is 18.1 Å². The van der Waals surface area contributed by atoms with Crippen molar-refractivity contribution in [2.75, 3.05) is 0 Å². The van der Waals surface area contributed by atoms with Crippen LogP contribution < -0.4 is 0 Å². The number of ether oxygens (including phenoxy) is 1. The van der Waals surface area contributed by atoms with Crippen LogP contribution in [-0.4, -0.2) is 51.4 Å². The third kappa shape index (κ3) is 4.29. The van der Waals surface area contributed by atoms with E-state index in [0.29, 0.717) is 0 Å². The maximum absolute atomic E-state index is 15.1. The number of nitrogens with zero attached hydrogens (tertiary/aromatic N) is 3. The number of hydrogen-bond acceptors (Lipinski definition) is 5. The number of rotatable bonds is 2. The van der Waals surface area contributed by atoms with Gasteiger partial charge in [-0.1, -0.05) is 18.2 Å². The predicted molar refractivity (Wildman–Crippen MR) is 103 cm³/mol. The van der Waals surface area contributed by atoms with Crippen LogP contribution in [0.5, 0.6) is 0 Å². The lowest BCUT2D eigenvalue weighted by atomic mass is 9.89. The number of carbonyl (C=O) groups is 2. The highest BCUT2D eigenvalue weighted by Crippen LogP contribution is 2.43. The normalized spacial score (nSPS) is 23.2. The summed E-state index contributed by atoms with van der Waals surface area (Å²) in [6.07, 6.45) is -10.4. The van der Waals surface area contributed by atoms with Gasteiger partial charge >= 0.3 is 18.3 Å². The Kier molecular flexibility index (Phi) is 6.22. The monoisotopic (exact) mass is 521 g/mol. The van der Waals surface area contributed by atoms with E-state index in [1.807, 2.05) is 0 Å². The molecule has 0 aliphatic carbocycles. The van der Waals surface area contributed by atoms with Crippen molar-refractivity contribution in [2.45, 2.75) is 30.9 Å². The van der Waals surface area contributed by atoms with Gasteiger partial charge in [-0.15, -0.1) is 0 Å². The van der Waals surface area contributed by atoms with Crippen LogP contribution in [0.3, 0.4) is 0 Å². The van der Waals surface area contributed by atoms with Crippen LogP contribution in [0.4, 0.5) is 26.7 Å². The van der Waals surface area contributed by atoms with E-state index in [2.05, 4.69) is 25.9 Å². The largest absolute Gasteiger partial charge is 0.464 e. The van der Waals surface area contributed by atoms with Crippen molar-refractivity contribution in [3.63, 3.8) is 0 Å². The fraction of sp³-hybridized carbons (Fsp3) is 0.263. The number of imide groups is 1. The number of pyridine rings is 1. The first-order valence-corrected chi connectivity index (χ1v) is 9.58. The van der Waals surface area contributed by atoms with E-state index in [1.54, 1.807) is 0 Å². The Bertz CT molecular complexity index is 1080. The molecule has 2 amide bonds. The van der Waals surface area contributed by atoms with Crippen LogP contribution in [0.25, 0.3) is 0 Å². The average Bonchev–Trinajstić information content (AvgIpc) is 2.71. The molecule has 0 saturated carbocycles. The van der Waals surface area contributed by atoms with Crippen molar-refractivity contribution < 1.29 is 41.4 Å². The zero-order chi connectivity index (χ0) is 23.8. The van der Waals surface area contributed by atoms with Gasteiger partial charge in [0.2, 0.25) is 0 Å². The highest BCUT2D eigenvalue weighted by molar-refractivity contribution is 9.10. The molecular formula is C19H13BrF5N3O4. The molecule has 1 N–H and O–H groups in total. The van der Waals surface area contributed by atoms with Gasteiger partial charge in [-0.3, -0.25) is 4.79 Å². The van der Waals surface area contributed by atoms with Crippen LogP contribution >= 0.6 is 15.9 Å². The van der Waals surface area contributed by atoms with Crippen molar-refractivity contribution in [1.29, 1.82) is 0 Å². The van der Waals surface area contributed by atoms with Gasteiger partial charge in [0.25, 0.3) is 5.91 Å². The molecule has 0 fully saturated rings. The molecule has 1 aromatic carbocycles. The van der Waals surface area contributed by atoms with E-state index in [9.17, 15) is 32.3 Å². The number of carbonyl (C=O) groups excluding carboxylic acids is 1. The van der Waals surface area contributed by atoms with Gasteiger partial charge < -0.3 is 9.84 Å². The summed E-state index contributed by atoms with van der Waals surface area (Å²) in [6.45, 7) is 0.760. The minimum Gasteiger partial charge on any atom is -0.464 e. The van der Waals surface area contributed by atoms with Crippen molar-refractivity contribution in [2.24, 2.45) is 4.99 Å². The molecule has 0 unspecified atom stereocenters. The van der Waals surface area contributed by atoms with Crippen molar-refractivity contribution in [3.8, 4) is 0 Å². The summed E-state index contributed by atoms with van der Waals surface area (Å²) in [5, 5.41) is 9.52. The first-order chi connectivity index (χ1) is 14.9. The molecule has 0 radical (unpaired) electrons. The number of carboxylic acid groups (broad SMARTS) is 1. The summed E-state index contributed by atoms with van der Waals surface area (Å²) in [4.78, 5) is 31.0. The summed E-state index contributed by atoms with van der Waals surface area (Å²) in [5.41, 5.74) is -3.88. The number of alkyl halides is 4. The van der Waals surface area contributed by atoms with Gasteiger partial charge in [0.05, 0.1) is 0 Å². The molecule has 0 bridgehead atoms. The third-order valence-corrected chi connectivity index (χ3v) is 5.02. The van der Waals surface area contributed by atoms with E-state index >= 15 is 4.39 Å². The first-order valence-electron chi connectivity index (χ1n) is 8.79. The second kappa shape index (κ2) is 8.45. The van der Waals surface area contributed by atoms with Gasteiger partial charge in [-0.05, 0) is 47.1 Å². The molecule has 3 rings (SSSR count). The lowest BCUT2D eigenvalue weighted by molar-refractivity contribution is -0.189. The van der Waals surface area contributed by atoms with E-state index in [1.165, 1.54) is 30.3 Å². The number of aliphatic imine (C=N–C) groups is 1. The third-order valence-electron chi connectivity index (χ3n) is 4.58. The number of amidine groups is 1. The van der Waals surface area contributed by atoms with Crippen LogP contribution in [0.15, 0.2) is 52.1 Å². The molecule has 13 heteroatoms. The number of hydrogen-bond donors (Lipinski definition) is 1. The molecule has 0 spiro atoms. The van der Waals surface area contributed by atoms with Gasteiger partial charge in [0.15, 0.2) is 17.8 Å². The number of amides is 2. The van der Waals surface area contributed by atoms with E-state index in [0.717, 1.165) is 19.1 Å². The summed E-state index contributed by atoms with van der Waals surface area (Å²) in [7, 11) is 0. The summed E-state index contributed by atoms with van der Waals surface area (Å²) >= 11 is 2.92. The molecule has 1 aromatic heterocycles. The minimum atomic E-state index is -5.32. The molecule has 0 saturated heterocycles. The number of benzene rings is 1. The predicted octanol–water partition coefficient (Wildman–Crippen LogP) is 4.67. The van der Waals surface area contributed by atoms with Crippen LogP contribution in [0, 0.1) is 5.82 Å². The van der Waals surface area contributed by atoms with E-state index in [4.69, 9.17) is 4.74 Å². The average molecular weight is 522 g/mol. The molecule has 170 valence electrons. The SMILES string of the molecule is C[C@]1(c2nc(Br)ccc2F)OC(N(C(=O)O)C(=O)c2ccccc2)=N[C@H](C(F)(F)F)[C@H]1F. The van der Waals surface area contributed by atoms with Gasteiger partial charge in [0.1, 0.15) is 16.1 Å². The second-order valence-corrected chi connectivity index (χ2v) is 7.58. The quantitative estimate of drug-likeness (QED) is 0.457. The maximum atomic E-state index is 15.1. The maximum Gasteiger partial charge on any atom is 0.422 e. The Morgan fingerprint density at radius 1 is 1.19 bits per heavy atom. The molecule has 7 nitrogen and oxygen atoms in total. The standard InChI is InChI=1S/C19H13BrF5N3O4/c1-18(13-10(21)7-8-11(20)26-13)12(22)14(19(23,24)25)27-16(32-18)28(17(30)31)15(29)9-5-3-2-4-6-9/h2-8,12,14H,1H3,(H,30,31)/t12-,14+,18+/m1/s1. The highest BCUT2D eigenvalue weighted by atomic mass is 79.9. The molecule has 1 aliphatic rings. The van der Waals surface area contributed by atoms with E-state index < -0.39 is 53.5 Å². The van der Waals surface area contributed by atoms with Crippen molar-refractivity contribution >= 4 is 34.0 Å². The van der Waals surface area contributed by atoms with Crippen molar-refractivity contribution in [3.05, 3.63) is 64.1 Å². The van der Waals surface area contributed by atoms with Crippen molar-refractivity contribution in [1.82, 2.24) is 9.88 Å². The molecule has 2 heterocycles. The Labute approximate surface area is 185 Å². The molecule has 1 aliphatic heterocycles. The van der Waals surface area contributed by atoms with Crippen LogP contribution in [0.2, 0.25) is 0 Å². The van der Waals surface area contributed by atoms with Crippen LogP contribution in [0.1, 0.15) is 23.0 Å². The Morgan fingerprint density at radius 3 is 2.38 bits per heavy atom. The van der Waals surface area contributed by atoms with Gasteiger partial charge in [-0.25, -0.2) is 23.6 Å². The minimum absolute atomic E-state index is 0.0472. The summed E-state index contributed by atoms with van der Waals surface area (Å²) in [5.74, 6) is -2.52. The Balaban J connectivity index is 2.18. The smallest absolute Gasteiger partial charge is 0.422 e. The summed E-state index contributed by atoms with van der Waals surface area (Å²) < 4.78 is 75.6. The first kappa shape index (κ1) is 23.6. The molecule has 32 heavy (non-hydrogen) atoms. The lowest BCUT2D eigenvalue weighted by Crippen LogP contribution is -2.58. The van der Waals surface area contributed by atoms with Crippen LogP contribution in [-0.2, 0) is 10.3 Å². The lowest BCUT2D eigenvalue weighted by Gasteiger charge is -2.41. The zero-order valence-electron chi connectivity index (χ0n) is 16.0. The Hall–Kier alpha value is -3.09. The summed E-state index contributed by atoms with van der Waals surface area (Å²) in [6, 6.07) is 4.10. The fourth-order valence-corrected chi connectivity index (χ4v) is 3.32. The fourth-order valence-electron chi connectivity index (χ4n) is 3.01. The Morgan fingerprint density at radius 2 is 1.81 bits per heavy atom. The highest BCUT2D eigenvalue weighted by Gasteiger charge is 2.60. The molecular weight excluding hydrogens is 509 g/mol.